The Hall–Kier alpha value is 1.78. The highest BCUT2D eigenvalue weighted by atomic mass is 35.5. The van der Waals surface area contributed by atoms with Crippen molar-refractivity contribution in [1.82, 2.24) is 0 Å². The van der Waals surface area contributed by atoms with Gasteiger partial charge in [0.25, 0.3) is 0 Å². The molecule has 1 aliphatic rings. The van der Waals surface area contributed by atoms with Gasteiger partial charge in [0.2, 0.25) is 0 Å². The SMILES string of the molecule is Cl[C@H]1[C@H](Cl)[C@@H](Cl)[C@@H](Cl)[C@H](Cl)[C@H]1Cl.F.O=P(O)(O)O. The normalized spacial score (nSPS) is 40.3. The molecule has 0 aliphatic heterocycles. The van der Waals surface area contributed by atoms with Crippen LogP contribution >= 0.6 is 77.4 Å². The molecule has 0 amide bonds. The second-order valence-electron chi connectivity index (χ2n) is 3.18. The summed E-state index contributed by atoms with van der Waals surface area (Å²) in [6, 6.07) is 0. The van der Waals surface area contributed by atoms with E-state index in [9.17, 15) is 0 Å². The van der Waals surface area contributed by atoms with Crippen molar-refractivity contribution in [2.75, 3.05) is 0 Å². The van der Waals surface area contributed by atoms with Crippen molar-refractivity contribution in [2.24, 2.45) is 0 Å². The van der Waals surface area contributed by atoms with Crippen molar-refractivity contribution in [3.63, 3.8) is 0 Å². The molecule has 0 saturated heterocycles. The molecule has 0 unspecified atom stereocenters. The summed E-state index contributed by atoms with van der Waals surface area (Å²) in [5, 5.41) is -2.62. The minimum absolute atomic E-state index is 0. The topological polar surface area (TPSA) is 77.8 Å². The van der Waals surface area contributed by atoms with Crippen LogP contribution in [0.3, 0.4) is 0 Å². The lowest BCUT2D eigenvalue weighted by atomic mass is 9.97. The third-order valence-corrected chi connectivity index (χ3v) is 5.86. The highest BCUT2D eigenvalue weighted by Crippen LogP contribution is 2.39. The molecular formula is C6H10Cl6FO4P. The number of hydrogen-bond donors (Lipinski definition) is 3. The van der Waals surface area contributed by atoms with E-state index in [2.05, 4.69) is 0 Å². The van der Waals surface area contributed by atoms with Gasteiger partial charge < -0.3 is 14.7 Å². The molecule has 0 bridgehead atoms. The lowest BCUT2D eigenvalue weighted by molar-refractivity contribution is 0.275. The van der Waals surface area contributed by atoms with E-state index in [1.165, 1.54) is 0 Å². The number of rotatable bonds is 0. The largest absolute Gasteiger partial charge is 0.466 e. The molecule has 0 radical (unpaired) electrons. The summed E-state index contributed by atoms with van der Waals surface area (Å²) in [5.41, 5.74) is 0. The minimum Gasteiger partial charge on any atom is -0.303 e. The van der Waals surface area contributed by atoms with Crippen molar-refractivity contribution in [3.8, 4) is 0 Å². The zero-order chi connectivity index (χ0) is 14.0. The van der Waals surface area contributed by atoms with Crippen molar-refractivity contribution < 1.29 is 23.9 Å². The Morgan fingerprint density at radius 3 is 0.722 bits per heavy atom. The molecule has 1 aliphatic carbocycles. The Bertz CT molecular complexity index is 226. The average Bonchev–Trinajstić information content (AvgIpc) is 2.18. The van der Waals surface area contributed by atoms with Gasteiger partial charge in [-0.05, 0) is 0 Å². The van der Waals surface area contributed by atoms with Gasteiger partial charge in [-0.2, -0.15) is 0 Å². The molecule has 1 fully saturated rings. The molecule has 1 saturated carbocycles. The first-order chi connectivity index (χ1) is 7.46. The van der Waals surface area contributed by atoms with E-state index in [0.29, 0.717) is 0 Å². The number of halogens is 7. The van der Waals surface area contributed by atoms with E-state index in [-0.39, 0.29) is 4.70 Å². The first kappa shape index (κ1) is 22.1. The lowest BCUT2D eigenvalue weighted by Crippen LogP contribution is -2.52. The molecule has 1 rings (SSSR count). The second-order valence-corrected chi connectivity index (χ2v) is 7.23. The standard InChI is InChI=1S/C6H6Cl6.FH.H3O4P/c7-1-2(8)4(10)6(12)5(11)3(1)9;;1-5(2,3)4/h1-6H;1H;(H3,1,2,3,4)/t1-,2-,3-,4+,5+,6+;;. The minimum atomic E-state index is -4.64. The van der Waals surface area contributed by atoms with Gasteiger partial charge in [-0.1, -0.05) is 0 Å². The number of hydrogen-bond acceptors (Lipinski definition) is 1. The Balaban J connectivity index is 0. The monoisotopic (exact) mass is 406 g/mol. The molecular weight excluding hydrogens is 399 g/mol. The van der Waals surface area contributed by atoms with Crippen LogP contribution in [0.4, 0.5) is 4.70 Å². The van der Waals surface area contributed by atoms with Gasteiger partial charge in [0.1, 0.15) is 0 Å². The van der Waals surface area contributed by atoms with Gasteiger partial charge >= 0.3 is 7.82 Å². The fraction of sp³-hybridized carbons (Fsp3) is 1.00. The zero-order valence-electron chi connectivity index (χ0n) is 8.34. The smallest absolute Gasteiger partial charge is 0.303 e. The van der Waals surface area contributed by atoms with Crippen LogP contribution in [0.2, 0.25) is 0 Å². The third-order valence-electron chi connectivity index (χ3n) is 1.83. The molecule has 0 aromatic rings. The molecule has 3 N–H and O–H groups in total. The summed E-state index contributed by atoms with van der Waals surface area (Å²) >= 11 is 35.3. The van der Waals surface area contributed by atoms with Crippen molar-refractivity contribution in [1.29, 1.82) is 0 Å². The summed E-state index contributed by atoms with van der Waals surface area (Å²) in [4.78, 5) is 21.6. The zero-order valence-corrected chi connectivity index (χ0v) is 13.8. The van der Waals surface area contributed by atoms with Gasteiger partial charge in [0.05, 0.1) is 32.3 Å². The maximum Gasteiger partial charge on any atom is 0.466 e. The summed E-state index contributed by atoms with van der Waals surface area (Å²) in [7, 11) is -4.64. The van der Waals surface area contributed by atoms with Crippen LogP contribution in [0.15, 0.2) is 0 Å². The Morgan fingerprint density at radius 2 is 0.667 bits per heavy atom. The summed E-state index contributed by atoms with van der Waals surface area (Å²) in [5.74, 6) is 0. The van der Waals surface area contributed by atoms with E-state index in [0.717, 1.165) is 0 Å². The summed E-state index contributed by atoms with van der Waals surface area (Å²) in [6.45, 7) is 0. The fourth-order valence-electron chi connectivity index (χ4n) is 1.05. The molecule has 0 aromatic heterocycles. The predicted molar refractivity (Wildman–Crippen MR) is 74.6 cm³/mol. The van der Waals surface area contributed by atoms with Crippen LogP contribution < -0.4 is 0 Å². The number of alkyl halides is 6. The first-order valence-corrected chi connectivity index (χ1v) is 8.28. The van der Waals surface area contributed by atoms with Crippen molar-refractivity contribution >= 4 is 77.4 Å². The van der Waals surface area contributed by atoms with Crippen molar-refractivity contribution in [3.05, 3.63) is 0 Å². The van der Waals surface area contributed by atoms with E-state index in [1.54, 1.807) is 0 Å². The van der Waals surface area contributed by atoms with Crippen LogP contribution in [0.5, 0.6) is 0 Å². The van der Waals surface area contributed by atoms with Crippen LogP contribution in [0, 0.1) is 0 Å². The highest BCUT2D eigenvalue weighted by Gasteiger charge is 2.46. The van der Waals surface area contributed by atoms with Gasteiger partial charge in [0.15, 0.2) is 0 Å². The van der Waals surface area contributed by atoms with E-state index >= 15 is 0 Å². The molecule has 12 heteroatoms. The van der Waals surface area contributed by atoms with Crippen molar-refractivity contribution in [2.45, 2.75) is 32.3 Å². The van der Waals surface area contributed by atoms with E-state index < -0.39 is 40.1 Å². The third kappa shape index (κ3) is 7.53. The Kier molecular flexibility index (Phi) is 11.0. The van der Waals surface area contributed by atoms with Crippen LogP contribution in [-0.2, 0) is 4.57 Å². The quantitative estimate of drug-likeness (QED) is 0.425. The van der Waals surface area contributed by atoms with Gasteiger partial charge in [-0.15, -0.1) is 69.6 Å². The molecule has 4 nitrogen and oxygen atoms in total. The highest BCUT2D eigenvalue weighted by molar-refractivity contribution is 7.45. The number of phosphoric acid groups is 1. The first-order valence-electron chi connectivity index (χ1n) is 4.09. The summed E-state index contributed by atoms with van der Waals surface area (Å²) in [6.07, 6.45) is 0. The molecule has 0 aromatic carbocycles. The predicted octanol–water partition coefficient (Wildman–Crippen LogP) is 2.87. The summed E-state index contributed by atoms with van der Waals surface area (Å²) < 4.78 is 8.88. The van der Waals surface area contributed by atoms with Crippen LogP contribution in [-0.4, -0.2) is 46.9 Å². The molecule has 18 heavy (non-hydrogen) atoms. The second kappa shape index (κ2) is 8.93. The van der Waals surface area contributed by atoms with Gasteiger partial charge in [-0.25, -0.2) is 4.57 Å². The molecule has 0 atom stereocenters. The lowest BCUT2D eigenvalue weighted by Gasteiger charge is -2.37. The van der Waals surface area contributed by atoms with Gasteiger partial charge in [-0.3, -0.25) is 4.70 Å². The van der Waals surface area contributed by atoms with Crippen LogP contribution in [0.1, 0.15) is 0 Å². The average molecular weight is 409 g/mol. The van der Waals surface area contributed by atoms with Gasteiger partial charge in [0, 0.05) is 0 Å². The van der Waals surface area contributed by atoms with E-state index in [1.807, 2.05) is 0 Å². The Morgan fingerprint density at radius 1 is 0.611 bits per heavy atom. The Labute approximate surface area is 133 Å². The maximum absolute atomic E-state index is 8.88. The fourth-order valence-corrected chi connectivity index (χ4v) is 3.38. The molecule has 0 heterocycles. The molecule has 0 spiro atoms. The van der Waals surface area contributed by atoms with E-state index in [4.69, 9.17) is 88.9 Å². The van der Waals surface area contributed by atoms with Crippen LogP contribution in [0.25, 0.3) is 0 Å². The molecule has 112 valence electrons. The maximum atomic E-state index is 8.88.